The Labute approximate surface area is 152 Å². The molecule has 134 valence electrons. The number of nitrogens with one attached hydrogen (secondary N) is 1. The highest BCUT2D eigenvalue weighted by Gasteiger charge is 2.22. The third-order valence-corrected chi connectivity index (χ3v) is 4.91. The lowest BCUT2D eigenvalue weighted by molar-refractivity contribution is 0.372. The number of nitrogens with zero attached hydrogens (tertiary/aromatic N) is 7. The molecule has 0 unspecified atom stereocenters. The normalized spacial score (nSPS) is 15.6. The zero-order chi connectivity index (χ0) is 17.6. The molecule has 0 aliphatic carbocycles. The molecule has 8 nitrogen and oxygen atoms in total. The van der Waals surface area contributed by atoms with Crippen molar-refractivity contribution in [2.24, 2.45) is 4.99 Å². The Kier molecular flexibility index (Phi) is 5.75. The molecule has 0 atom stereocenters. The van der Waals surface area contributed by atoms with Crippen LogP contribution in [0.3, 0.4) is 0 Å². The second kappa shape index (κ2) is 8.19. The summed E-state index contributed by atoms with van der Waals surface area (Å²) >= 11 is 1.49. The number of aromatic nitrogens is 4. The lowest BCUT2D eigenvalue weighted by Crippen LogP contribution is -2.52. The zero-order valence-corrected chi connectivity index (χ0v) is 15.8. The molecule has 1 aliphatic heterocycles. The summed E-state index contributed by atoms with van der Waals surface area (Å²) in [5.41, 5.74) is 0.966. The van der Waals surface area contributed by atoms with E-state index >= 15 is 0 Å². The molecule has 3 rings (SSSR count). The second-order valence-corrected chi connectivity index (χ2v) is 6.55. The molecular weight excluding hydrogens is 336 g/mol. The van der Waals surface area contributed by atoms with Crippen molar-refractivity contribution >= 4 is 22.6 Å². The summed E-state index contributed by atoms with van der Waals surface area (Å²) in [6.07, 6.45) is 2.67. The van der Waals surface area contributed by atoms with E-state index in [-0.39, 0.29) is 0 Å². The smallest absolute Gasteiger partial charge is 0.205 e. The first-order chi connectivity index (χ1) is 12.2. The fourth-order valence-electron chi connectivity index (χ4n) is 2.73. The maximum Gasteiger partial charge on any atom is 0.205 e. The van der Waals surface area contributed by atoms with E-state index in [9.17, 15) is 0 Å². The van der Waals surface area contributed by atoms with Crippen LogP contribution in [0.1, 0.15) is 24.3 Å². The number of hydrogen-bond donors (Lipinski definition) is 1. The Bertz CT molecular complexity index is 720. The second-order valence-electron chi connectivity index (χ2n) is 5.82. The van der Waals surface area contributed by atoms with E-state index in [4.69, 9.17) is 0 Å². The fraction of sp³-hybridized carbons (Fsp3) is 0.562. The minimum atomic E-state index is 0.645. The van der Waals surface area contributed by atoms with Gasteiger partial charge in [0, 0.05) is 57.4 Å². The van der Waals surface area contributed by atoms with E-state index in [1.165, 1.54) is 11.5 Å². The van der Waals surface area contributed by atoms with Crippen LogP contribution in [0.15, 0.2) is 17.3 Å². The summed E-state index contributed by atoms with van der Waals surface area (Å²) in [6, 6.07) is 1.92. The van der Waals surface area contributed by atoms with Gasteiger partial charge in [0.05, 0.1) is 12.2 Å². The van der Waals surface area contributed by atoms with Gasteiger partial charge in [-0.15, -0.1) is 0 Å². The molecule has 1 N–H and O–H groups in total. The number of guanidine groups is 1. The van der Waals surface area contributed by atoms with Gasteiger partial charge in [0.15, 0.2) is 5.96 Å². The predicted molar refractivity (Wildman–Crippen MR) is 100 cm³/mol. The van der Waals surface area contributed by atoms with Gasteiger partial charge >= 0.3 is 0 Å². The van der Waals surface area contributed by atoms with E-state index in [1.54, 1.807) is 6.20 Å². The van der Waals surface area contributed by atoms with Gasteiger partial charge in [-0.25, -0.2) is 15.0 Å². The zero-order valence-electron chi connectivity index (χ0n) is 14.9. The average Bonchev–Trinajstić information content (AvgIpc) is 3.12. The van der Waals surface area contributed by atoms with Crippen molar-refractivity contribution in [2.45, 2.75) is 26.8 Å². The van der Waals surface area contributed by atoms with Crippen LogP contribution in [0.5, 0.6) is 0 Å². The van der Waals surface area contributed by atoms with Gasteiger partial charge in [-0.1, -0.05) is 6.92 Å². The number of aryl methyl sites for hydroxylation is 2. The first-order valence-corrected chi connectivity index (χ1v) is 9.28. The summed E-state index contributed by atoms with van der Waals surface area (Å²) in [5, 5.41) is 4.42. The lowest BCUT2D eigenvalue weighted by Gasteiger charge is -2.36. The maximum atomic E-state index is 4.58. The number of aliphatic imine (C=N–C) groups is 1. The van der Waals surface area contributed by atoms with Crippen molar-refractivity contribution in [3.63, 3.8) is 0 Å². The highest BCUT2D eigenvalue weighted by atomic mass is 32.1. The first-order valence-electron chi connectivity index (χ1n) is 8.51. The first kappa shape index (κ1) is 17.5. The molecule has 3 heterocycles. The summed E-state index contributed by atoms with van der Waals surface area (Å²) in [4.78, 5) is 22.1. The van der Waals surface area contributed by atoms with Crippen LogP contribution < -0.4 is 10.2 Å². The molecule has 1 saturated heterocycles. The van der Waals surface area contributed by atoms with Crippen molar-refractivity contribution in [1.82, 2.24) is 29.5 Å². The maximum absolute atomic E-state index is 4.58. The van der Waals surface area contributed by atoms with E-state index in [0.29, 0.717) is 6.54 Å². The van der Waals surface area contributed by atoms with Crippen LogP contribution in [0, 0.1) is 6.92 Å². The van der Waals surface area contributed by atoms with Crippen LogP contribution in [0.25, 0.3) is 0 Å². The minimum absolute atomic E-state index is 0.645. The highest BCUT2D eigenvalue weighted by molar-refractivity contribution is 7.09. The molecule has 0 amide bonds. The van der Waals surface area contributed by atoms with Crippen LogP contribution in [-0.4, -0.2) is 63.4 Å². The highest BCUT2D eigenvalue weighted by Crippen LogP contribution is 2.19. The van der Waals surface area contributed by atoms with Gasteiger partial charge in [-0.3, -0.25) is 4.99 Å². The van der Waals surface area contributed by atoms with Crippen molar-refractivity contribution in [2.75, 3.05) is 38.1 Å². The number of anilines is 1. The SMILES string of the molecule is CCc1nsc(N2CCN(C(=NC)NCc3ccnc(C)n3)CC2)n1. The molecule has 1 aliphatic rings. The van der Waals surface area contributed by atoms with Crippen molar-refractivity contribution in [3.8, 4) is 0 Å². The van der Waals surface area contributed by atoms with Crippen molar-refractivity contribution in [3.05, 3.63) is 29.6 Å². The standard InChI is InChI=1S/C16H24N8S/c1-4-14-21-16(25-22-14)24-9-7-23(8-10-24)15(17-3)19-11-13-5-6-18-12(2)20-13/h5-6H,4,7-11H2,1-3H3,(H,17,19). The molecule has 0 bridgehead atoms. The Morgan fingerprint density at radius 1 is 1.28 bits per heavy atom. The molecule has 1 fully saturated rings. The lowest BCUT2D eigenvalue weighted by atomic mass is 10.3. The molecule has 9 heteroatoms. The molecule has 0 aromatic carbocycles. The largest absolute Gasteiger partial charge is 0.351 e. The third kappa shape index (κ3) is 4.41. The third-order valence-electron chi connectivity index (χ3n) is 4.10. The number of rotatable bonds is 4. The van der Waals surface area contributed by atoms with E-state index in [0.717, 1.165) is 61.0 Å². The monoisotopic (exact) mass is 360 g/mol. The summed E-state index contributed by atoms with van der Waals surface area (Å²) in [5.74, 6) is 2.62. The van der Waals surface area contributed by atoms with Crippen LogP contribution >= 0.6 is 11.5 Å². The number of piperazine rings is 1. The van der Waals surface area contributed by atoms with Crippen molar-refractivity contribution in [1.29, 1.82) is 0 Å². The summed E-state index contributed by atoms with van der Waals surface area (Å²) in [6.45, 7) is 8.28. The quantitative estimate of drug-likeness (QED) is 0.646. The fourth-order valence-corrected chi connectivity index (χ4v) is 3.53. The molecule has 2 aromatic heterocycles. The van der Waals surface area contributed by atoms with Gasteiger partial charge in [-0.2, -0.15) is 4.37 Å². The van der Waals surface area contributed by atoms with Gasteiger partial charge < -0.3 is 15.1 Å². The Morgan fingerprint density at radius 3 is 2.72 bits per heavy atom. The topological polar surface area (TPSA) is 82.4 Å². The van der Waals surface area contributed by atoms with Crippen molar-refractivity contribution < 1.29 is 0 Å². The van der Waals surface area contributed by atoms with E-state index in [1.807, 2.05) is 20.0 Å². The summed E-state index contributed by atoms with van der Waals surface area (Å²) in [7, 11) is 1.82. The van der Waals surface area contributed by atoms with Gasteiger partial charge in [0.25, 0.3) is 0 Å². The van der Waals surface area contributed by atoms with Crippen LogP contribution in [0.2, 0.25) is 0 Å². The van der Waals surface area contributed by atoms with Crippen LogP contribution in [0.4, 0.5) is 5.13 Å². The molecule has 2 aromatic rings. The van der Waals surface area contributed by atoms with E-state index < -0.39 is 0 Å². The molecular formula is C16H24N8S. The Hall–Kier alpha value is -2.29. The molecule has 0 radical (unpaired) electrons. The average molecular weight is 360 g/mol. The Morgan fingerprint density at radius 2 is 2.08 bits per heavy atom. The molecule has 0 spiro atoms. The van der Waals surface area contributed by atoms with Gasteiger partial charge in [0.2, 0.25) is 5.13 Å². The van der Waals surface area contributed by atoms with Gasteiger partial charge in [0.1, 0.15) is 11.6 Å². The predicted octanol–water partition coefficient (Wildman–Crippen LogP) is 1.10. The van der Waals surface area contributed by atoms with E-state index in [2.05, 4.69) is 46.4 Å². The Balaban J connectivity index is 1.53. The minimum Gasteiger partial charge on any atom is -0.351 e. The number of hydrogen-bond acceptors (Lipinski definition) is 7. The molecule has 0 saturated carbocycles. The van der Waals surface area contributed by atoms with Gasteiger partial charge in [-0.05, 0) is 13.0 Å². The van der Waals surface area contributed by atoms with Crippen LogP contribution in [-0.2, 0) is 13.0 Å². The summed E-state index contributed by atoms with van der Waals surface area (Å²) < 4.78 is 4.38. The molecule has 25 heavy (non-hydrogen) atoms.